The molecular weight excluding hydrogens is 186 g/mol. The molecule has 1 aliphatic rings. The average molecular weight is 196 g/mol. The molecule has 2 rings (SSSR count). The number of rotatable bonds is 1. The number of halogens is 2. The molecule has 0 radical (unpaired) electrons. The summed E-state index contributed by atoms with van der Waals surface area (Å²) in [7, 11) is 0. The first-order valence-electron chi connectivity index (χ1n) is 4.43. The van der Waals surface area contributed by atoms with Gasteiger partial charge in [0, 0.05) is 6.04 Å². The number of hydrogen-bond donors (Lipinski definition) is 1. The van der Waals surface area contributed by atoms with Gasteiger partial charge in [0.05, 0.1) is 12.1 Å². The number of hydrogen-bond acceptors (Lipinski definition) is 2. The molecule has 2 nitrogen and oxygen atoms in total. The van der Waals surface area contributed by atoms with E-state index in [1.165, 1.54) is 0 Å². The van der Waals surface area contributed by atoms with E-state index in [9.17, 15) is 8.78 Å². The lowest BCUT2D eigenvalue weighted by molar-refractivity contribution is 0.597. The highest BCUT2D eigenvalue weighted by Gasteiger charge is 2.17. The maximum Gasteiger partial charge on any atom is 0.134 e. The van der Waals surface area contributed by atoms with E-state index in [4.69, 9.17) is 0 Å². The Morgan fingerprint density at radius 2 is 2.21 bits per heavy atom. The molecule has 0 bridgehead atoms. The first-order chi connectivity index (χ1) is 6.66. The molecule has 1 unspecified atom stereocenters. The molecule has 14 heavy (non-hydrogen) atoms. The molecule has 74 valence electrons. The van der Waals surface area contributed by atoms with Crippen LogP contribution in [0.15, 0.2) is 23.2 Å². The van der Waals surface area contributed by atoms with Gasteiger partial charge in [-0.25, -0.2) is 8.78 Å². The minimum atomic E-state index is -0.453. The quantitative estimate of drug-likeness (QED) is 0.726. The Balaban J connectivity index is 2.36. The molecule has 1 heterocycles. The monoisotopic (exact) mass is 196 g/mol. The Hall–Kier alpha value is -1.45. The summed E-state index contributed by atoms with van der Waals surface area (Å²) in [5.74, 6) is -0.466. The number of benzene rings is 1. The Morgan fingerprint density at radius 1 is 1.43 bits per heavy atom. The zero-order valence-electron chi connectivity index (χ0n) is 7.72. The van der Waals surface area contributed by atoms with Gasteiger partial charge < -0.3 is 5.32 Å². The second-order valence-corrected chi connectivity index (χ2v) is 3.36. The predicted molar refractivity (Wildman–Crippen MR) is 50.4 cm³/mol. The largest absolute Gasteiger partial charge is 0.365 e. The lowest BCUT2D eigenvalue weighted by atomic mass is 10.2. The van der Waals surface area contributed by atoms with Crippen molar-refractivity contribution < 1.29 is 8.78 Å². The van der Waals surface area contributed by atoms with Gasteiger partial charge in [-0.3, -0.25) is 4.99 Å². The summed E-state index contributed by atoms with van der Waals surface area (Å²) < 4.78 is 26.1. The van der Waals surface area contributed by atoms with Gasteiger partial charge in [-0.2, -0.15) is 0 Å². The smallest absolute Gasteiger partial charge is 0.134 e. The molecule has 1 aromatic rings. The Bertz CT molecular complexity index is 388. The lowest BCUT2D eigenvalue weighted by Gasteiger charge is -2.06. The standard InChI is InChI=1S/C10H10F2N2/c1-6-5-13-10(14-6)8-4-7(11)2-3-9(8)12/h2-4,6H,5H2,1H3,(H,13,14). The zero-order valence-corrected chi connectivity index (χ0v) is 7.72. The highest BCUT2D eigenvalue weighted by atomic mass is 19.1. The van der Waals surface area contributed by atoms with Gasteiger partial charge in [0.15, 0.2) is 0 Å². The van der Waals surface area contributed by atoms with Gasteiger partial charge in [-0.05, 0) is 25.1 Å². The third kappa shape index (κ3) is 1.60. The highest BCUT2D eigenvalue weighted by Crippen LogP contribution is 2.12. The third-order valence-electron chi connectivity index (χ3n) is 2.09. The van der Waals surface area contributed by atoms with E-state index in [1.54, 1.807) is 0 Å². The molecule has 0 aromatic heterocycles. The summed E-state index contributed by atoms with van der Waals surface area (Å²) in [6.45, 7) is 2.54. The van der Waals surface area contributed by atoms with Crippen molar-refractivity contribution in [2.75, 3.05) is 6.54 Å². The van der Waals surface area contributed by atoms with Crippen LogP contribution >= 0.6 is 0 Å². The van der Waals surface area contributed by atoms with Crippen molar-refractivity contribution in [2.45, 2.75) is 13.0 Å². The molecular formula is C10H10F2N2. The maximum atomic E-state index is 13.3. The van der Waals surface area contributed by atoms with Crippen molar-refractivity contribution in [3.05, 3.63) is 35.4 Å². The number of nitrogens with one attached hydrogen (secondary N) is 1. The van der Waals surface area contributed by atoms with Gasteiger partial charge in [0.25, 0.3) is 0 Å². The Morgan fingerprint density at radius 3 is 2.86 bits per heavy atom. The van der Waals surface area contributed by atoms with Gasteiger partial charge in [0.2, 0.25) is 0 Å². The Labute approximate surface area is 80.7 Å². The van der Waals surface area contributed by atoms with Crippen LogP contribution in [-0.4, -0.2) is 18.4 Å². The average Bonchev–Trinajstić information content (AvgIpc) is 2.56. The minimum Gasteiger partial charge on any atom is -0.365 e. The van der Waals surface area contributed by atoms with E-state index in [0.717, 1.165) is 18.2 Å². The number of nitrogens with zero attached hydrogens (tertiary/aromatic N) is 1. The van der Waals surface area contributed by atoms with Crippen LogP contribution in [0.3, 0.4) is 0 Å². The maximum absolute atomic E-state index is 13.3. The van der Waals surface area contributed by atoms with Crippen molar-refractivity contribution in [3.63, 3.8) is 0 Å². The van der Waals surface area contributed by atoms with Crippen LogP contribution in [0.2, 0.25) is 0 Å². The molecule has 1 N–H and O–H groups in total. The van der Waals surface area contributed by atoms with Crippen LogP contribution in [-0.2, 0) is 0 Å². The summed E-state index contributed by atoms with van der Waals surface area (Å²) in [5, 5.41) is 2.98. The van der Waals surface area contributed by atoms with Crippen molar-refractivity contribution in [3.8, 4) is 0 Å². The lowest BCUT2D eigenvalue weighted by Crippen LogP contribution is -2.28. The first-order valence-corrected chi connectivity index (χ1v) is 4.43. The molecule has 1 aliphatic heterocycles. The molecule has 0 fully saturated rings. The normalized spacial score (nSPS) is 20.5. The highest BCUT2D eigenvalue weighted by molar-refractivity contribution is 6.00. The fourth-order valence-corrected chi connectivity index (χ4v) is 1.39. The van der Waals surface area contributed by atoms with Crippen LogP contribution in [0.1, 0.15) is 12.5 Å². The second-order valence-electron chi connectivity index (χ2n) is 3.36. The Kier molecular flexibility index (Phi) is 2.19. The molecule has 1 atom stereocenters. The van der Waals surface area contributed by atoms with Gasteiger partial charge in [-0.15, -0.1) is 0 Å². The van der Waals surface area contributed by atoms with Gasteiger partial charge in [-0.1, -0.05) is 0 Å². The second kappa shape index (κ2) is 3.36. The molecule has 0 aliphatic carbocycles. The third-order valence-corrected chi connectivity index (χ3v) is 2.09. The first kappa shape index (κ1) is 9.12. The van der Waals surface area contributed by atoms with E-state index in [-0.39, 0.29) is 11.6 Å². The van der Waals surface area contributed by atoms with E-state index in [2.05, 4.69) is 10.3 Å². The van der Waals surface area contributed by atoms with E-state index < -0.39 is 11.6 Å². The van der Waals surface area contributed by atoms with Crippen LogP contribution in [0.4, 0.5) is 8.78 Å². The van der Waals surface area contributed by atoms with E-state index in [1.807, 2.05) is 6.92 Å². The van der Waals surface area contributed by atoms with Crippen LogP contribution in [0, 0.1) is 11.6 Å². The summed E-state index contributed by atoms with van der Waals surface area (Å²) >= 11 is 0. The molecule has 1 aromatic carbocycles. The van der Waals surface area contributed by atoms with E-state index >= 15 is 0 Å². The summed E-state index contributed by atoms with van der Waals surface area (Å²) in [5.41, 5.74) is 0.203. The molecule has 0 spiro atoms. The predicted octanol–water partition coefficient (Wildman–Crippen LogP) is 1.70. The zero-order chi connectivity index (χ0) is 10.1. The van der Waals surface area contributed by atoms with Gasteiger partial charge >= 0.3 is 0 Å². The van der Waals surface area contributed by atoms with Gasteiger partial charge in [0.1, 0.15) is 17.5 Å². The van der Waals surface area contributed by atoms with Crippen LogP contribution < -0.4 is 5.32 Å². The fourth-order valence-electron chi connectivity index (χ4n) is 1.39. The van der Waals surface area contributed by atoms with Crippen LogP contribution in [0.5, 0.6) is 0 Å². The van der Waals surface area contributed by atoms with Crippen molar-refractivity contribution in [2.24, 2.45) is 4.99 Å². The topological polar surface area (TPSA) is 24.4 Å². The molecule has 0 saturated carbocycles. The minimum absolute atomic E-state index is 0.188. The molecule has 4 heteroatoms. The number of amidine groups is 1. The van der Waals surface area contributed by atoms with Crippen LogP contribution in [0.25, 0.3) is 0 Å². The van der Waals surface area contributed by atoms with E-state index in [0.29, 0.717) is 12.4 Å². The van der Waals surface area contributed by atoms with Crippen molar-refractivity contribution in [1.82, 2.24) is 5.32 Å². The fraction of sp³-hybridized carbons (Fsp3) is 0.300. The number of aliphatic imine (C=N–C) groups is 1. The summed E-state index contributed by atoms with van der Waals surface area (Å²) in [6.07, 6.45) is 0. The van der Waals surface area contributed by atoms with Crippen molar-refractivity contribution in [1.29, 1.82) is 0 Å². The summed E-state index contributed by atoms with van der Waals surface area (Å²) in [6, 6.07) is 3.54. The van der Waals surface area contributed by atoms with Crippen molar-refractivity contribution >= 4 is 5.84 Å². The molecule has 0 amide bonds. The molecule has 0 saturated heterocycles. The summed E-state index contributed by atoms with van der Waals surface area (Å²) in [4.78, 5) is 4.09. The SMILES string of the molecule is CC1CN=C(c2cc(F)ccc2F)N1.